The molecule has 82 valence electrons. The van der Waals surface area contributed by atoms with Gasteiger partial charge in [0.05, 0.1) is 0 Å². The maximum absolute atomic E-state index is 11.1. The largest absolute Gasteiger partial charge is 0.370 e. The fourth-order valence-electron chi connectivity index (χ4n) is 2.76. The fourth-order valence-corrected chi connectivity index (χ4v) is 2.76. The van der Waals surface area contributed by atoms with Crippen LogP contribution in [0.4, 0.5) is 0 Å². The number of carbonyl (C=O) groups is 1. The van der Waals surface area contributed by atoms with Crippen LogP contribution in [-0.2, 0) is 4.79 Å². The average Bonchev–Trinajstić information content (AvgIpc) is 2.26. The molecule has 1 unspecified atom stereocenters. The highest BCUT2D eigenvalue weighted by Gasteiger charge is 2.48. The molecule has 0 aromatic carbocycles. The summed E-state index contributed by atoms with van der Waals surface area (Å²) >= 11 is 0. The molecule has 1 amide bonds. The minimum atomic E-state index is -0.194. The highest BCUT2D eigenvalue weighted by Crippen LogP contribution is 2.47. The van der Waals surface area contributed by atoms with Crippen molar-refractivity contribution in [2.75, 3.05) is 6.54 Å². The number of hydrogen-bond acceptors (Lipinski definition) is 2. The summed E-state index contributed by atoms with van der Waals surface area (Å²) in [5.41, 5.74) is 5.45. The Hall–Kier alpha value is -0.570. The molecule has 1 atom stereocenters. The zero-order valence-corrected chi connectivity index (χ0v) is 9.52. The zero-order chi connectivity index (χ0) is 10.8. The number of nitrogens with one attached hydrogen (secondary N) is 1. The standard InChI is InChI=1S/C11H22N2O/c1-4-13-11(8-9(12)14)7-5-6-10(11,2)3/h13H,4-8H2,1-3H3,(H2,12,14). The topological polar surface area (TPSA) is 55.1 Å². The second-order valence-electron chi connectivity index (χ2n) is 4.99. The van der Waals surface area contributed by atoms with Crippen molar-refractivity contribution in [2.24, 2.45) is 11.1 Å². The number of amides is 1. The number of carbonyl (C=O) groups excluding carboxylic acids is 1. The van der Waals surface area contributed by atoms with E-state index in [0.717, 1.165) is 13.0 Å². The fraction of sp³-hybridized carbons (Fsp3) is 0.909. The van der Waals surface area contributed by atoms with Crippen molar-refractivity contribution in [1.82, 2.24) is 5.32 Å². The van der Waals surface area contributed by atoms with Crippen LogP contribution in [0, 0.1) is 5.41 Å². The molecule has 3 nitrogen and oxygen atoms in total. The van der Waals surface area contributed by atoms with Gasteiger partial charge in [0.1, 0.15) is 0 Å². The number of nitrogens with two attached hydrogens (primary N) is 1. The molecule has 1 aliphatic rings. The highest BCUT2D eigenvalue weighted by molar-refractivity contribution is 5.75. The van der Waals surface area contributed by atoms with E-state index in [-0.39, 0.29) is 16.9 Å². The molecule has 1 aliphatic carbocycles. The van der Waals surface area contributed by atoms with Gasteiger partial charge in [0.15, 0.2) is 0 Å². The first kappa shape index (κ1) is 11.5. The maximum atomic E-state index is 11.1. The monoisotopic (exact) mass is 198 g/mol. The first-order valence-corrected chi connectivity index (χ1v) is 5.47. The van der Waals surface area contributed by atoms with E-state index in [9.17, 15) is 4.79 Å². The van der Waals surface area contributed by atoms with E-state index in [1.54, 1.807) is 0 Å². The second kappa shape index (κ2) is 3.89. The lowest BCUT2D eigenvalue weighted by atomic mass is 9.72. The summed E-state index contributed by atoms with van der Waals surface area (Å²) < 4.78 is 0. The SMILES string of the molecule is CCNC1(CC(N)=O)CCCC1(C)C. The zero-order valence-electron chi connectivity index (χ0n) is 9.52. The Bertz CT molecular complexity index is 225. The average molecular weight is 198 g/mol. The summed E-state index contributed by atoms with van der Waals surface area (Å²) in [6.45, 7) is 7.44. The Morgan fingerprint density at radius 3 is 2.43 bits per heavy atom. The molecule has 0 spiro atoms. The predicted molar refractivity (Wildman–Crippen MR) is 57.9 cm³/mol. The van der Waals surface area contributed by atoms with Crippen molar-refractivity contribution in [3.05, 3.63) is 0 Å². The molecule has 0 radical (unpaired) electrons. The first-order valence-electron chi connectivity index (χ1n) is 5.47. The molecule has 0 aromatic heterocycles. The van der Waals surface area contributed by atoms with Gasteiger partial charge in [0.25, 0.3) is 0 Å². The van der Waals surface area contributed by atoms with Gasteiger partial charge in [-0.25, -0.2) is 0 Å². The third kappa shape index (κ3) is 1.92. The van der Waals surface area contributed by atoms with Crippen molar-refractivity contribution in [3.8, 4) is 0 Å². The van der Waals surface area contributed by atoms with Crippen molar-refractivity contribution < 1.29 is 4.79 Å². The molecular formula is C11H22N2O. The van der Waals surface area contributed by atoms with Crippen molar-refractivity contribution in [2.45, 2.75) is 52.0 Å². The van der Waals surface area contributed by atoms with Gasteiger partial charge in [-0.1, -0.05) is 27.2 Å². The van der Waals surface area contributed by atoms with E-state index in [0.29, 0.717) is 6.42 Å². The van der Waals surface area contributed by atoms with Gasteiger partial charge in [-0.2, -0.15) is 0 Å². The van der Waals surface area contributed by atoms with Crippen LogP contribution in [0.25, 0.3) is 0 Å². The quantitative estimate of drug-likeness (QED) is 0.718. The van der Waals surface area contributed by atoms with E-state index < -0.39 is 0 Å². The molecule has 3 heteroatoms. The Morgan fingerprint density at radius 1 is 1.43 bits per heavy atom. The third-order valence-corrected chi connectivity index (χ3v) is 3.69. The summed E-state index contributed by atoms with van der Waals surface area (Å²) in [7, 11) is 0. The minimum absolute atomic E-state index is 0.0619. The van der Waals surface area contributed by atoms with Gasteiger partial charge >= 0.3 is 0 Å². The third-order valence-electron chi connectivity index (χ3n) is 3.69. The first-order chi connectivity index (χ1) is 6.43. The van der Waals surface area contributed by atoms with E-state index in [2.05, 4.69) is 26.1 Å². The molecule has 0 aromatic rings. The summed E-state index contributed by atoms with van der Waals surface area (Å²) in [4.78, 5) is 11.1. The van der Waals surface area contributed by atoms with Crippen LogP contribution < -0.4 is 11.1 Å². The van der Waals surface area contributed by atoms with Gasteiger partial charge in [-0.3, -0.25) is 4.79 Å². The number of primary amides is 1. The Morgan fingerprint density at radius 2 is 2.07 bits per heavy atom. The predicted octanol–water partition coefficient (Wildman–Crippen LogP) is 1.42. The van der Waals surface area contributed by atoms with Gasteiger partial charge < -0.3 is 11.1 Å². The van der Waals surface area contributed by atoms with Crippen LogP contribution in [-0.4, -0.2) is 18.0 Å². The molecule has 0 aliphatic heterocycles. The van der Waals surface area contributed by atoms with Crippen molar-refractivity contribution >= 4 is 5.91 Å². The molecule has 1 rings (SSSR count). The normalized spacial score (nSPS) is 30.5. The van der Waals surface area contributed by atoms with Crippen LogP contribution in [0.15, 0.2) is 0 Å². The Kier molecular flexibility index (Phi) is 3.20. The summed E-state index contributed by atoms with van der Waals surface area (Å²) in [6, 6.07) is 0. The minimum Gasteiger partial charge on any atom is -0.370 e. The Labute approximate surface area is 86.4 Å². The molecule has 0 heterocycles. The van der Waals surface area contributed by atoms with Crippen molar-refractivity contribution in [1.29, 1.82) is 0 Å². The number of hydrogen-bond donors (Lipinski definition) is 2. The van der Waals surface area contributed by atoms with Crippen molar-refractivity contribution in [3.63, 3.8) is 0 Å². The molecular weight excluding hydrogens is 176 g/mol. The van der Waals surface area contributed by atoms with E-state index >= 15 is 0 Å². The van der Waals surface area contributed by atoms with Crippen LogP contribution >= 0.6 is 0 Å². The summed E-state index contributed by atoms with van der Waals surface area (Å²) in [5, 5.41) is 3.48. The van der Waals surface area contributed by atoms with E-state index in [1.807, 2.05) is 0 Å². The lowest BCUT2D eigenvalue weighted by Gasteiger charge is -2.41. The highest BCUT2D eigenvalue weighted by atomic mass is 16.1. The Balaban J connectivity index is 2.85. The smallest absolute Gasteiger partial charge is 0.219 e. The maximum Gasteiger partial charge on any atom is 0.219 e. The van der Waals surface area contributed by atoms with Crippen LogP contribution in [0.2, 0.25) is 0 Å². The van der Waals surface area contributed by atoms with Crippen LogP contribution in [0.3, 0.4) is 0 Å². The molecule has 14 heavy (non-hydrogen) atoms. The van der Waals surface area contributed by atoms with Gasteiger partial charge in [0.2, 0.25) is 5.91 Å². The lowest BCUT2D eigenvalue weighted by molar-refractivity contribution is -0.120. The lowest BCUT2D eigenvalue weighted by Crippen LogP contribution is -2.54. The summed E-state index contributed by atoms with van der Waals surface area (Å²) in [5.74, 6) is -0.194. The van der Waals surface area contributed by atoms with Gasteiger partial charge in [0, 0.05) is 12.0 Å². The number of rotatable bonds is 4. The molecule has 1 fully saturated rings. The molecule has 3 N–H and O–H groups in total. The molecule has 1 saturated carbocycles. The van der Waals surface area contributed by atoms with E-state index in [4.69, 9.17) is 5.73 Å². The van der Waals surface area contributed by atoms with Crippen LogP contribution in [0.1, 0.15) is 46.5 Å². The second-order valence-corrected chi connectivity index (χ2v) is 4.99. The molecule has 0 bridgehead atoms. The van der Waals surface area contributed by atoms with E-state index in [1.165, 1.54) is 12.8 Å². The van der Waals surface area contributed by atoms with Gasteiger partial charge in [-0.05, 0) is 24.8 Å². The van der Waals surface area contributed by atoms with Crippen LogP contribution in [0.5, 0.6) is 0 Å². The summed E-state index contributed by atoms with van der Waals surface area (Å²) in [6.07, 6.45) is 3.89. The molecule has 0 saturated heterocycles. The van der Waals surface area contributed by atoms with Gasteiger partial charge in [-0.15, -0.1) is 0 Å².